The lowest BCUT2D eigenvalue weighted by Gasteiger charge is -2.05. The Kier molecular flexibility index (Phi) is 5.60. The Morgan fingerprint density at radius 2 is 1.69 bits per heavy atom. The Balaban J connectivity index is 1.62. The third-order valence-electron chi connectivity index (χ3n) is 3.56. The molecule has 0 spiro atoms. The molecular formula is C19H17N3O3S. The van der Waals surface area contributed by atoms with Crippen molar-refractivity contribution in [2.75, 3.05) is 10.6 Å². The fraction of sp³-hybridized carbons (Fsp3) is 0.105. The molecule has 1 heterocycles. The molecule has 0 fully saturated rings. The van der Waals surface area contributed by atoms with E-state index in [0.29, 0.717) is 5.69 Å². The molecule has 7 heteroatoms. The van der Waals surface area contributed by atoms with E-state index in [4.69, 9.17) is 5.11 Å². The minimum Gasteiger partial charge on any atom is -0.481 e. The molecule has 3 N–H and O–H groups in total. The number of aliphatic carboxylic acids is 1. The summed E-state index contributed by atoms with van der Waals surface area (Å²) in [6.45, 7) is 0. The van der Waals surface area contributed by atoms with E-state index < -0.39 is 5.97 Å². The zero-order valence-electron chi connectivity index (χ0n) is 13.8. The largest absolute Gasteiger partial charge is 0.481 e. The first-order chi connectivity index (χ1) is 12.6. The predicted molar refractivity (Wildman–Crippen MR) is 103 cm³/mol. The van der Waals surface area contributed by atoms with Gasteiger partial charge in [0.15, 0.2) is 5.13 Å². The molecule has 3 aromatic rings. The number of nitrogens with one attached hydrogen (secondary N) is 2. The highest BCUT2D eigenvalue weighted by Gasteiger charge is 2.08. The second kappa shape index (κ2) is 8.26. The zero-order chi connectivity index (χ0) is 18.4. The Hall–Kier alpha value is -3.19. The van der Waals surface area contributed by atoms with Crippen molar-refractivity contribution < 1.29 is 14.7 Å². The fourth-order valence-corrected chi connectivity index (χ4v) is 3.02. The topological polar surface area (TPSA) is 91.3 Å². The molecule has 0 unspecified atom stereocenters. The Labute approximate surface area is 154 Å². The number of carbonyl (C=O) groups is 2. The average Bonchev–Trinajstić information content (AvgIpc) is 3.10. The minimum absolute atomic E-state index is 0.0440. The summed E-state index contributed by atoms with van der Waals surface area (Å²) in [6, 6.07) is 17.1. The molecule has 0 atom stereocenters. The number of thiazole rings is 1. The molecule has 0 aliphatic rings. The summed E-state index contributed by atoms with van der Waals surface area (Å²) in [5.74, 6) is -1.30. The lowest BCUT2D eigenvalue weighted by Crippen LogP contribution is -2.13. The van der Waals surface area contributed by atoms with Gasteiger partial charge in [-0.2, -0.15) is 0 Å². The maximum Gasteiger partial charge on any atom is 0.303 e. The van der Waals surface area contributed by atoms with Crippen molar-refractivity contribution in [2.45, 2.75) is 12.8 Å². The van der Waals surface area contributed by atoms with Crippen molar-refractivity contribution in [1.29, 1.82) is 0 Å². The summed E-state index contributed by atoms with van der Waals surface area (Å²) in [7, 11) is 0. The lowest BCUT2D eigenvalue weighted by molar-refractivity contribution is -0.138. The van der Waals surface area contributed by atoms with Crippen LogP contribution in [0.3, 0.4) is 0 Å². The number of carboxylic acid groups (broad SMARTS) is 1. The number of rotatable bonds is 7. The van der Waals surface area contributed by atoms with Gasteiger partial charge in [-0.1, -0.05) is 30.3 Å². The summed E-state index contributed by atoms with van der Waals surface area (Å²) < 4.78 is 0. The second-order valence-corrected chi connectivity index (χ2v) is 6.41. The van der Waals surface area contributed by atoms with E-state index in [0.717, 1.165) is 22.1 Å². The van der Waals surface area contributed by atoms with Gasteiger partial charge in [-0.25, -0.2) is 4.98 Å². The van der Waals surface area contributed by atoms with E-state index in [1.165, 1.54) is 11.3 Å². The third-order valence-corrected chi connectivity index (χ3v) is 4.32. The number of carboxylic acids is 1. The molecule has 6 nitrogen and oxygen atoms in total. The average molecular weight is 367 g/mol. The number of para-hydroxylation sites is 1. The second-order valence-electron chi connectivity index (χ2n) is 5.55. The van der Waals surface area contributed by atoms with Crippen LogP contribution in [0.25, 0.3) is 11.3 Å². The van der Waals surface area contributed by atoms with Crippen LogP contribution < -0.4 is 10.6 Å². The van der Waals surface area contributed by atoms with E-state index in [1.807, 2.05) is 47.8 Å². The van der Waals surface area contributed by atoms with Gasteiger partial charge >= 0.3 is 5.97 Å². The van der Waals surface area contributed by atoms with Gasteiger partial charge in [-0.15, -0.1) is 11.3 Å². The van der Waals surface area contributed by atoms with Gasteiger partial charge in [0, 0.05) is 28.7 Å². The molecule has 2 aromatic carbocycles. The molecular weight excluding hydrogens is 350 g/mol. The Morgan fingerprint density at radius 3 is 2.38 bits per heavy atom. The Morgan fingerprint density at radius 1 is 0.962 bits per heavy atom. The fourth-order valence-electron chi connectivity index (χ4n) is 2.28. The summed E-state index contributed by atoms with van der Waals surface area (Å²) in [5.41, 5.74) is 3.39. The van der Waals surface area contributed by atoms with Crippen molar-refractivity contribution in [2.24, 2.45) is 0 Å². The molecule has 26 heavy (non-hydrogen) atoms. The lowest BCUT2D eigenvalue weighted by atomic mass is 10.1. The first-order valence-electron chi connectivity index (χ1n) is 8.00. The van der Waals surface area contributed by atoms with Crippen LogP contribution in [0.15, 0.2) is 60.0 Å². The van der Waals surface area contributed by atoms with Crippen LogP contribution in [0.5, 0.6) is 0 Å². The number of benzene rings is 2. The van der Waals surface area contributed by atoms with Gasteiger partial charge in [0.25, 0.3) is 0 Å². The number of hydrogen-bond acceptors (Lipinski definition) is 5. The van der Waals surface area contributed by atoms with Crippen molar-refractivity contribution in [1.82, 2.24) is 4.98 Å². The van der Waals surface area contributed by atoms with Crippen molar-refractivity contribution in [3.63, 3.8) is 0 Å². The van der Waals surface area contributed by atoms with Gasteiger partial charge in [0.1, 0.15) is 0 Å². The van der Waals surface area contributed by atoms with Crippen LogP contribution in [0.2, 0.25) is 0 Å². The SMILES string of the molecule is O=C(O)CCC(=O)Nc1ccc(-c2csc(Nc3ccccc3)n2)cc1. The van der Waals surface area contributed by atoms with E-state index >= 15 is 0 Å². The monoisotopic (exact) mass is 367 g/mol. The zero-order valence-corrected chi connectivity index (χ0v) is 14.6. The van der Waals surface area contributed by atoms with Gasteiger partial charge in [-0.3, -0.25) is 9.59 Å². The van der Waals surface area contributed by atoms with Gasteiger partial charge in [0.2, 0.25) is 5.91 Å². The van der Waals surface area contributed by atoms with E-state index in [-0.39, 0.29) is 18.7 Å². The predicted octanol–water partition coefficient (Wildman–Crippen LogP) is 4.36. The van der Waals surface area contributed by atoms with Crippen LogP contribution in [0, 0.1) is 0 Å². The smallest absolute Gasteiger partial charge is 0.303 e. The third kappa shape index (κ3) is 4.90. The van der Waals surface area contributed by atoms with Crippen molar-refractivity contribution in [3.05, 3.63) is 60.0 Å². The molecule has 0 radical (unpaired) electrons. The van der Waals surface area contributed by atoms with Crippen LogP contribution in [-0.2, 0) is 9.59 Å². The highest BCUT2D eigenvalue weighted by molar-refractivity contribution is 7.14. The molecule has 0 aliphatic carbocycles. The summed E-state index contributed by atoms with van der Waals surface area (Å²) in [6.07, 6.45) is -0.225. The quantitative estimate of drug-likeness (QED) is 0.577. The standard InChI is InChI=1S/C19H17N3O3S/c23-17(10-11-18(24)25)20-15-8-6-13(7-9-15)16-12-26-19(22-16)21-14-4-2-1-3-5-14/h1-9,12H,10-11H2,(H,20,23)(H,21,22)(H,24,25). The highest BCUT2D eigenvalue weighted by atomic mass is 32.1. The molecule has 1 aromatic heterocycles. The van der Waals surface area contributed by atoms with Crippen LogP contribution in [-0.4, -0.2) is 22.0 Å². The Bertz CT molecular complexity index is 892. The number of amides is 1. The summed E-state index contributed by atoms with van der Waals surface area (Å²) in [5, 5.41) is 17.3. The number of hydrogen-bond donors (Lipinski definition) is 3. The van der Waals surface area contributed by atoms with Crippen molar-refractivity contribution in [3.8, 4) is 11.3 Å². The highest BCUT2D eigenvalue weighted by Crippen LogP contribution is 2.27. The molecule has 0 bridgehead atoms. The number of anilines is 3. The normalized spacial score (nSPS) is 10.3. The van der Waals surface area contributed by atoms with E-state index in [9.17, 15) is 9.59 Å². The molecule has 3 rings (SSSR count). The maximum absolute atomic E-state index is 11.7. The molecule has 1 amide bonds. The van der Waals surface area contributed by atoms with E-state index in [1.54, 1.807) is 12.1 Å². The molecule has 0 aliphatic heterocycles. The summed E-state index contributed by atoms with van der Waals surface area (Å²) in [4.78, 5) is 26.7. The van der Waals surface area contributed by atoms with Crippen LogP contribution in [0.1, 0.15) is 12.8 Å². The molecule has 0 saturated carbocycles. The number of carbonyl (C=O) groups excluding carboxylic acids is 1. The first kappa shape index (κ1) is 17.6. The van der Waals surface area contributed by atoms with Gasteiger partial charge in [-0.05, 0) is 24.3 Å². The van der Waals surface area contributed by atoms with Gasteiger partial charge in [0.05, 0.1) is 12.1 Å². The molecule has 0 saturated heterocycles. The first-order valence-corrected chi connectivity index (χ1v) is 8.88. The maximum atomic E-state index is 11.7. The summed E-state index contributed by atoms with van der Waals surface area (Å²) >= 11 is 1.52. The van der Waals surface area contributed by atoms with Crippen molar-refractivity contribution >= 4 is 39.7 Å². The number of nitrogens with zero attached hydrogens (tertiary/aromatic N) is 1. The minimum atomic E-state index is -0.987. The van der Waals surface area contributed by atoms with Crippen LogP contribution in [0.4, 0.5) is 16.5 Å². The van der Waals surface area contributed by atoms with Gasteiger partial charge < -0.3 is 15.7 Å². The van der Waals surface area contributed by atoms with E-state index in [2.05, 4.69) is 15.6 Å². The number of aromatic nitrogens is 1. The molecule has 132 valence electrons. The van der Waals surface area contributed by atoms with Crippen LogP contribution >= 0.6 is 11.3 Å².